The molecule has 1 N–H and O–H groups in total. The molecule has 31 heavy (non-hydrogen) atoms. The maximum Gasteiger partial charge on any atom is 0.244 e. The Morgan fingerprint density at radius 3 is 2.52 bits per heavy atom. The third kappa shape index (κ3) is 6.37. The molecule has 0 aliphatic carbocycles. The number of rotatable bonds is 8. The predicted octanol–water partition coefficient (Wildman–Crippen LogP) is 4.21. The molecule has 8 heteroatoms. The Labute approximate surface area is 192 Å². The maximum absolute atomic E-state index is 12.5. The van der Waals surface area contributed by atoms with Gasteiger partial charge in [-0.3, -0.25) is 9.69 Å². The van der Waals surface area contributed by atoms with E-state index in [1.165, 1.54) is 6.08 Å². The SMILES string of the molecule is COc1ccc(C(CNC(=O)/C=C/c2ccc(Cl)c(Cl)c2)N2CCOCC2)cc1OC. The van der Waals surface area contributed by atoms with E-state index in [4.69, 9.17) is 37.4 Å². The first-order valence-corrected chi connectivity index (χ1v) is 10.7. The minimum Gasteiger partial charge on any atom is -0.493 e. The van der Waals surface area contributed by atoms with Crippen LogP contribution in [0.15, 0.2) is 42.5 Å². The molecular formula is C23H26Cl2N2O4. The first-order chi connectivity index (χ1) is 15.0. The third-order valence-corrected chi connectivity index (χ3v) is 5.86. The topological polar surface area (TPSA) is 60.0 Å². The smallest absolute Gasteiger partial charge is 0.244 e. The van der Waals surface area contributed by atoms with Crippen LogP contribution >= 0.6 is 23.2 Å². The van der Waals surface area contributed by atoms with Crippen LogP contribution in [-0.4, -0.2) is 57.9 Å². The first-order valence-electron chi connectivity index (χ1n) is 9.96. The average molecular weight is 465 g/mol. The summed E-state index contributed by atoms with van der Waals surface area (Å²) in [5.41, 5.74) is 1.84. The molecule has 1 unspecified atom stereocenters. The van der Waals surface area contributed by atoms with E-state index in [0.29, 0.717) is 41.3 Å². The molecule has 0 bridgehead atoms. The standard InChI is InChI=1S/C23H26Cl2N2O4/c1-29-21-7-5-17(14-22(21)30-2)20(27-9-11-31-12-10-27)15-26-23(28)8-4-16-3-6-18(24)19(25)13-16/h3-8,13-14,20H,9-12,15H2,1-2H3,(H,26,28)/b8-4+. The fourth-order valence-corrected chi connectivity index (χ4v) is 3.76. The van der Waals surface area contributed by atoms with Crippen LogP contribution in [0.3, 0.4) is 0 Å². The largest absolute Gasteiger partial charge is 0.493 e. The van der Waals surface area contributed by atoms with Crippen molar-refractivity contribution in [1.82, 2.24) is 10.2 Å². The van der Waals surface area contributed by atoms with Gasteiger partial charge in [-0.05, 0) is 41.5 Å². The lowest BCUT2D eigenvalue weighted by molar-refractivity contribution is -0.116. The van der Waals surface area contributed by atoms with E-state index in [9.17, 15) is 4.79 Å². The number of nitrogens with one attached hydrogen (secondary N) is 1. The number of nitrogens with zero attached hydrogens (tertiary/aromatic N) is 1. The lowest BCUT2D eigenvalue weighted by atomic mass is 10.0. The highest BCUT2D eigenvalue weighted by atomic mass is 35.5. The van der Waals surface area contributed by atoms with Crippen LogP contribution in [0.4, 0.5) is 0 Å². The van der Waals surface area contributed by atoms with Crippen LogP contribution in [0.5, 0.6) is 11.5 Å². The molecule has 1 amide bonds. The highest BCUT2D eigenvalue weighted by molar-refractivity contribution is 6.42. The van der Waals surface area contributed by atoms with Crippen LogP contribution < -0.4 is 14.8 Å². The molecule has 2 aromatic carbocycles. The van der Waals surface area contributed by atoms with E-state index < -0.39 is 0 Å². The molecule has 6 nitrogen and oxygen atoms in total. The van der Waals surface area contributed by atoms with Crippen molar-refractivity contribution in [2.24, 2.45) is 0 Å². The Hall–Kier alpha value is -2.25. The van der Waals surface area contributed by atoms with Gasteiger partial charge in [-0.1, -0.05) is 35.3 Å². The summed E-state index contributed by atoms with van der Waals surface area (Å²) in [7, 11) is 3.22. The second-order valence-corrected chi connectivity index (χ2v) is 7.84. The fraction of sp³-hybridized carbons (Fsp3) is 0.348. The van der Waals surface area contributed by atoms with Crippen molar-refractivity contribution >= 4 is 35.2 Å². The highest BCUT2D eigenvalue weighted by Crippen LogP contribution is 2.32. The van der Waals surface area contributed by atoms with Crippen LogP contribution in [0.25, 0.3) is 6.08 Å². The highest BCUT2D eigenvalue weighted by Gasteiger charge is 2.24. The summed E-state index contributed by atoms with van der Waals surface area (Å²) in [6.45, 7) is 3.34. The zero-order valence-electron chi connectivity index (χ0n) is 17.6. The molecular weight excluding hydrogens is 439 g/mol. The van der Waals surface area contributed by atoms with Crippen LogP contribution in [-0.2, 0) is 9.53 Å². The Morgan fingerprint density at radius 2 is 1.84 bits per heavy atom. The minimum absolute atomic E-state index is 0.0222. The van der Waals surface area contributed by atoms with Crippen molar-refractivity contribution in [1.29, 1.82) is 0 Å². The number of carbonyl (C=O) groups excluding carboxylic acids is 1. The molecule has 1 atom stereocenters. The van der Waals surface area contributed by atoms with Gasteiger partial charge in [0.05, 0.1) is 43.5 Å². The van der Waals surface area contributed by atoms with Gasteiger partial charge in [-0.2, -0.15) is 0 Å². The number of hydrogen-bond acceptors (Lipinski definition) is 5. The van der Waals surface area contributed by atoms with E-state index in [2.05, 4.69) is 10.2 Å². The van der Waals surface area contributed by atoms with E-state index in [1.54, 1.807) is 38.5 Å². The van der Waals surface area contributed by atoms with E-state index >= 15 is 0 Å². The van der Waals surface area contributed by atoms with E-state index in [-0.39, 0.29) is 11.9 Å². The second kappa shape index (κ2) is 11.4. The lowest BCUT2D eigenvalue weighted by Crippen LogP contribution is -2.43. The normalized spacial score (nSPS) is 15.6. The van der Waals surface area contributed by atoms with Crippen molar-refractivity contribution in [2.45, 2.75) is 6.04 Å². The van der Waals surface area contributed by atoms with Crippen LogP contribution in [0, 0.1) is 0 Å². The van der Waals surface area contributed by atoms with Gasteiger partial charge in [-0.15, -0.1) is 0 Å². The van der Waals surface area contributed by atoms with Crippen molar-refractivity contribution in [3.8, 4) is 11.5 Å². The number of morpholine rings is 1. The Kier molecular flexibility index (Phi) is 8.60. The summed E-state index contributed by atoms with van der Waals surface area (Å²) in [5.74, 6) is 1.13. The van der Waals surface area contributed by atoms with Gasteiger partial charge < -0.3 is 19.5 Å². The second-order valence-electron chi connectivity index (χ2n) is 7.03. The molecule has 166 valence electrons. The summed E-state index contributed by atoms with van der Waals surface area (Å²) in [5, 5.41) is 3.93. The molecule has 1 fully saturated rings. The van der Waals surface area contributed by atoms with Gasteiger partial charge >= 0.3 is 0 Å². The van der Waals surface area contributed by atoms with E-state index in [0.717, 1.165) is 24.2 Å². The number of amides is 1. The van der Waals surface area contributed by atoms with Gasteiger partial charge in [0.1, 0.15) is 0 Å². The molecule has 0 aromatic heterocycles. The van der Waals surface area contributed by atoms with Crippen molar-refractivity contribution in [3.63, 3.8) is 0 Å². The predicted molar refractivity (Wildman–Crippen MR) is 123 cm³/mol. The summed E-state index contributed by atoms with van der Waals surface area (Å²) in [4.78, 5) is 14.8. The summed E-state index contributed by atoms with van der Waals surface area (Å²) < 4.78 is 16.3. The molecule has 1 saturated heterocycles. The molecule has 1 heterocycles. The lowest BCUT2D eigenvalue weighted by Gasteiger charge is -2.35. The average Bonchev–Trinajstić information content (AvgIpc) is 2.80. The molecule has 0 spiro atoms. The summed E-state index contributed by atoms with van der Waals surface area (Å²) in [6, 6.07) is 11.0. The number of carbonyl (C=O) groups is 1. The number of halogens is 2. The molecule has 3 rings (SSSR count). The number of methoxy groups -OCH3 is 2. The van der Waals surface area contributed by atoms with Gasteiger partial charge in [0.25, 0.3) is 0 Å². The zero-order chi connectivity index (χ0) is 22.2. The fourth-order valence-electron chi connectivity index (χ4n) is 3.45. The first kappa shape index (κ1) is 23.4. The van der Waals surface area contributed by atoms with Gasteiger partial charge in [0.2, 0.25) is 5.91 Å². The molecule has 1 aliphatic heterocycles. The van der Waals surface area contributed by atoms with Gasteiger partial charge in [-0.25, -0.2) is 0 Å². The molecule has 1 aliphatic rings. The minimum atomic E-state index is -0.190. The van der Waals surface area contributed by atoms with Crippen molar-refractivity contribution in [3.05, 3.63) is 63.6 Å². The van der Waals surface area contributed by atoms with Crippen molar-refractivity contribution in [2.75, 3.05) is 47.1 Å². The molecule has 0 radical (unpaired) electrons. The van der Waals surface area contributed by atoms with Gasteiger partial charge in [0.15, 0.2) is 11.5 Å². The quantitative estimate of drug-likeness (QED) is 0.592. The van der Waals surface area contributed by atoms with Crippen LogP contribution in [0.1, 0.15) is 17.2 Å². The Balaban J connectivity index is 1.72. The summed E-state index contributed by atoms with van der Waals surface area (Å²) in [6.07, 6.45) is 3.20. The van der Waals surface area contributed by atoms with Crippen LogP contribution in [0.2, 0.25) is 10.0 Å². The summed E-state index contributed by atoms with van der Waals surface area (Å²) >= 11 is 12.0. The zero-order valence-corrected chi connectivity index (χ0v) is 19.1. The Bertz CT molecular complexity index is 930. The number of benzene rings is 2. The molecule has 2 aromatic rings. The number of ether oxygens (including phenoxy) is 3. The maximum atomic E-state index is 12.5. The number of hydrogen-bond donors (Lipinski definition) is 1. The third-order valence-electron chi connectivity index (χ3n) is 5.12. The van der Waals surface area contributed by atoms with E-state index in [1.807, 2.05) is 18.2 Å². The Morgan fingerprint density at radius 1 is 1.10 bits per heavy atom. The van der Waals surface area contributed by atoms with Gasteiger partial charge in [0, 0.05) is 25.7 Å². The molecule has 0 saturated carbocycles. The monoisotopic (exact) mass is 464 g/mol. The van der Waals surface area contributed by atoms with Crippen molar-refractivity contribution < 1.29 is 19.0 Å².